The second kappa shape index (κ2) is 7.69. The summed E-state index contributed by atoms with van der Waals surface area (Å²) < 4.78 is 37.7. The zero-order valence-electron chi connectivity index (χ0n) is 12.5. The lowest BCUT2D eigenvalue weighted by atomic mass is 10.1. The standard InChI is InChI=1S/C14H17F3N2O3S/c1-13(22,8-23-2)7-18-11(20)12(21)19-10-5-3-4-9(6-10)14(15,16)17/h3-6,22H,7-8H2,1-2H3,(H,18,20)(H,19,21). The number of carbonyl (C=O) groups is 2. The largest absolute Gasteiger partial charge is 0.416 e. The van der Waals surface area contributed by atoms with Crippen LogP contribution in [0, 0.1) is 0 Å². The Bertz CT molecular complexity index is 577. The number of benzene rings is 1. The summed E-state index contributed by atoms with van der Waals surface area (Å²) >= 11 is 1.37. The van der Waals surface area contributed by atoms with Gasteiger partial charge in [-0.1, -0.05) is 6.07 Å². The predicted molar refractivity (Wildman–Crippen MR) is 82.1 cm³/mol. The molecular formula is C14H17F3N2O3S. The average molecular weight is 350 g/mol. The number of amides is 2. The minimum absolute atomic E-state index is 0.143. The lowest BCUT2D eigenvalue weighted by Gasteiger charge is -2.22. The first kappa shape index (κ1) is 19.3. The summed E-state index contributed by atoms with van der Waals surface area (Å²) in [5, 5.41) is 14.2. The van der Waals surface area contributed by atoms with Crippen LogP contribution in [0.2, 0.25) is 0 Å². The van der Waals surface area contributed by atoms with Crippen LogP contribution >= 0.6 is 11.8 Å². The molecule has 0 saturated heterocycles. The third-order valence-corrected chi connectivity index (χ3v) is 3.65. The van der Waals surface area contributed by atoms with Gasteiger partial charge in [-0.25, -0.2) is 0 Å². The normalized spacial score (nSPS) is 14.0. The second-order valence-electron chi connectivity index (χ2n) is 5.15. The van der Waals surface area contributed by atoms with Crippen LogP contribution in [0.15, 0.2) is 24.3 Å². The topological polar surface area (TPSA) is 78.4 Å². The maximum absolute atomic E-state index is 12.6. The first-order valence-corrected chi connectivity index (χ1v) is 7.92. The van der Waals surface area contributed by atoms with Crippen LogP contribution in [-0.2, 0) is 15.8 Å². The first-order chi connectivity index (χ1) is 10.5. The molecule has 0 radical (unpaired) electrons. The lowest BCUT2D eigenvalue weighted by molar-refractivity contribution is -0.137. The van der Waals surface area contributed by atoms with Crippen molar-refractivity contribution in [3.63, 3.8) is 0 Å². The molecule has 2 amide bonds. The van der Waals surface area contributed by atoms with E-state index in [1.807, 2.05) is 0 Å². The zero-order chi connectivity index (χ0) is 17.7. The van der Waals surface area contributed by atoms with Gasteiger partial charge in [-0.3, -0.25) is 9.59 Å². The fraction of sp³-hybridized carbons (Fsp3) is 0.429. The molecule has 0 bridgehead atoms. The van der Waals surface area contributed by atoms with Crippen LogP contribution in [0.1, 0.15) is 12.5 Å². The number of hydrogen-bond acceptors (Lipinski definition) is 4. The SMILES string of the molecule is CSCC(C)(O)CNC(=O)C(=O)Nc1cccc(C(F)(F)F)c1. The van der Waals surface area contributed by atoms with Crippen molar-refractivity contribution < 1.29 is 27.9 Å². The molecule has 0 saturated carbocycles. The Kier molecular flexibility index (Phi) is 6.46. The van der Waals surface area contributed by atoms with Crippen molar-refractivity contribution in [2.24, 2.45) is 0 Å². The Balaban J connectivity index is 2.64. The Morgan fingerprint density at radius 1 is 1.26 bits per heavy atom. The summed E-state index contributed by atoms with van der Waals surface area (Å²) in [5.41, 5.74) is -2.26. The van der Waals surface area contributed by atoms with Gasteiger partial charge in [0.25, 0.3) is 0 Å². The molecule has 9 heteroatoms. The number of aliphatic hydroxyl groups is 1. The van der Waals surface area contributed by atoms with Crippen molar-refractivity contribution in [3.8, 4) is 0 Å². The average Bonchev–Trinajstić information content (AvgIpc) is 2.44. The van der Waals surface area contributed by atoms with Gasteiger partial charge >= 0.3 is 18.0 Å². The van der Waals surface area contributed by atoms with E-state index in [-0.39, 0.29) is 12.2 Å². The minimum Gasteiger partial charge on any atom is -0.387 e. The smallest absolute Gasteiger partial charge is 0.387 e. The number of anilines is 1. The molecule has 3 N–H and O–H groups in total. The molecule has 23 heavy (non-hydrogen) atoms. The molecule has 0 fully saturated rings. The summed E-state index contributed by atoms with van der Waals surface area (Å²) in [6.45, 7) is 1.34. The van der Waals surface area contributed by atoms with Gasteiger partial charge in [-0.15, -0.1) is 0 Å². The first-order valence-electron chi connectivity index (χ1n) is 6.53. The highest BCUT2D eigenvalue weighted by Gasteiger charge is 2.30. The Morgan fingerprint density at radius 2 is 1.91 bits per heavy atom. The molecule has 0 aliphatic carbocycles. The highest BCUT2D eigenvalue weighted by molar-refractivity contribution is 7.98. The van der Waals surface area contributed by atoms with Gasteiger partial charge < -0.3 is 15.7 Å². The van der Waals surface area contributed by atoms with Crippen LogP contribution in [-0.4, -0.2) is 41.1 Å². The Labute approximate surface area is 135 Å². The molecule has 128 valence electrons. The van der Waals surface area contributed by atoms with Crippen molar-refractivity contribution in [1.29, 1.82) is 0 Å². The van der Waals surface area contributed by atoms with Crippen molar-refractivity contribution in [2.45, 2.75) is 18.7 Å². The fourth-order valence-electron chi connectivity index (χ4n) is 1.67. The molecule has 0 heterocycles. The van der Waals surface area contributed by atoms with E-state index in [1.54, 1.807) is 6.26 Å². The summed E-state index contributed by atoms with van der Waals surface area (Å²) in [6, 6.07) is 3.95. The summed E-state index contributed by atoms with van der Waals surface area (Å²) in [6.07, 6.45) is -2.77. The van der Waals surface area contributed by atoms with Gasteiger partial charge in [0.1, 0.15) is 0 Å². The summed E-state index contributed by atoms with van der Waals surface area (Å²) in [7, 11) is 0. The molecule has 5 nitrogen and oxygen atoms in total. The third-order valence-electron chi connectivity index (χ3n) is 2.74. The van der Waals surface area contributed by atoms with Crippen molar-refractivity contribution in [1.82, 2.24) is 5.32 Å². The third kappa shape index (κ3) is 6.49. The van der Waals surface area contributed by atoms with Crippen LogP contribution in [0.25, 0.3) is 0 Å². The van der Waals surface area contributed by atoms with Crippen LogP contribution in [0.5, 0.6) is 0 Å². The van der Waals surface area contributed by atoms with Crippen LogP contribution < -0.4 is 10.6 Å². The van der Waals surface area contributed by atoms with Crippen LogP contribution in [0.4, 0.5) is 18.9 Å². The monoisotopic (exact) mass is 350 g/mol. The molecular weight excluding hydrogens is 333 g/mol. The number of rotatable bonds is 5. The van der Waals surface area contributed by atoms with E-state index in [0.717, 1.165) is 18.2 Å². The van der Waals surface area contributed by atoms with Crippen LogP contribution in [0.3, 0.4) is 0 Å². The van der Waals surface area contributed by atoms with E-state index >= 15 is 0 Å². The molecule has 1 rings (SSSR count). The predicted octanol–water partition coefficient (Wildman–Crippen LogP) is 1.87. The van der Waals surface area contributed by atoms with E-state index in [1.165, 1.54) is 24.8 Å². The highest BCUT2D eigenvalue weighted by atomic mass is 32.2. The minimum atomic E-state index is -4.54. The maximum atomic E-state index is 12.6. The quantitative estimate of drug-likeness (QED) is 0.709. The van der Waals surface area contributed by atoms with Crippen molar-refractivity contribution in [3.05, 3.63) is 29.8 Å². The molecule has 1 atom stereocenters. The van der Waals surface area contributed by atoms with Gasteiger partial charge in [-0.05, 0) is 31.4 Å². The number of hydrogen-bond donors (Lipinski definition) is 3. The Morgan fingerprint density at radius 3 is 2.48 bits per heavy atom. The fourth-order valence-corrected chi connectivity index (χ4v) is 2.40. The number of halogens is 3. The molecule has 1 aromatic carbocycles. The molecule has 1 unspecified atom stereocenters. The molecule has 0 aliphatic rings. The van der Waals surface area contributed by atoms with E-state index in [0.29, 0.717) is 5.75 Å². The van der Waals surface area contributed by atoms with Gasteiger partial charge in [0.15, 0.2) is 0 Å². The second-order valence-corrected chi connectivity index (χ2v) is 6.01. The van der Waals surface area contributed by atoms with Gasteiger partial charge in [0.05, 0.1) is 11.2 Å². The molecule has 0 aromatic heterocycles. The summed E-state index contributed by atoms with van der Waals surface area (Å²) in [4.78, 5) is 23.3. The van der Waals surface area contributed by atoms with Gasteiger partial charge in [0.2, 0.25) is 0 Å². The summed E-state index contributed by atoms with van der Waals surface area (Å²) in [5.74, 6) is -1.80. The molecule has 0 spiro atoms. The highest BCUT2D eigenvalue weighted by Crippen LogP contribution is 2.30. The number of alkyl halides is 3. The van der Waals surface area contributed by atoms with Crippen molar-refractivity contribution in [2.75, 3.05) is 23.9 Å². The van der Waals surface area contributed by atoms with Crippen molar-refractivity contribution >= 4 is 29.3 Å². The molecule has 1 aromatic rings. The molecule has 0 aliphatic heterocycles. The number of nitrogens with one attached hydrogen (secondary N) is 2. The van der Waals surface area contributed by atoms with E-state index in [4.69, 9.17) is 0 Å². The van der Waals surface area contributed by atoms with E-state index in [2.05, 4.69) is 10.6 Å². The lowest BCUT2D eigenvalue weighted by Crippen LogP contribution is -2.45. The maximum Gasteiger partial charge on any atom is 0.416 e. The number of thioether (sulfide) groups is 1. The zero-order valence-corrected chi connectivity index (χ0v) is 13.3. The number of carbonyl (C=O) groups excluding carboxylic acids is 2. The Hall–Kier alpha value is -1.74. The van der Waals surface area contributed by atoms with E-state index < -0.39 is 29.2 Å². The van der Waals surface area contributed by atoms with Gasteiger partial charge in [-0.2, -0.15) is 24.9 Å². The van der Waals surface area contributed by atoms with E-state index in [9.17, 15) is 27.9 Å². The van der Waals surface area contributed by atoms with Gasteiger partial charge in [0, 0.05) is 18.0 Å².